The van der Waals surface area contributed by atoms with Crippen molar-refractivity contribution in [3.63, 3.8) is 0 Å². The van der Waals surface area contributed by atoms with Gasteiger partial charge in [-0.1, -0.05) is 26.2 Å². The van der Waals surface area contributed by atoms with Gasteiger partial charge in [-0.3, -0.25) is 14.4 Å². The number of carbonyl (C=O) groups excluding carboxylic acids is 3. The van der Waals surface area contributed by atoms with Crippen molar-refractivity contribution in [2.45, 2.75) is 51.9 Å². The van der Waals surface area contributed by atoms with Crippen molar-refractivity contribution in [1.29, 1.82) is 0 Å². The van der Waals surface area contributed by atoms with E-state index in [0.717, 1.165) is 38.5 Å². The van der Waals surface area contributed by atoms with Gasteiger partial charge in [0.2, 0.25) is 17.7 Å². The zero-order valence-corrected chi connectivity index (χ0v) is 16.2. The number of halogens is 1. The first-order valence-electron chi connectivity index (χ1n) is 10.1. The van der Waals surface area contributed by atoms with Crippen LogP contribution in [0.25, 0.3) is 0 Å². The highest BCUT2D eigenvalue weighted by Crippen LogP contribution is 2.37. The van der Waals surface area contributed by atoms with Gasteiger partial charge in [0.25, 0.3) is 0 Å². The number of hydrogen-bond acceptors (Lipinski definition) is 3. The summed E-state index contributed by atoms with van der Waals surface area (Å²) >= 11 is 0. The molecule has 0 bridgehead atoms. The van der Waals surface area contributed by atoms with Gasteiger partial charge in [0.1, 0.15) is 5.82 Å². The lowest BCUT2D eigenvalue weighted by atomic mass is 9.88. The highest BCUT2D eigenvalue weighted by Gasteiger charge is 2.38. The normalized spacial score (nSPS) is 21.6. The van der Waals surface area contributed by atoms with E-state index in [0.29, 0.717) is 11.6 Å². The molecule has 3 amide bonds. The predicted molar refractivity (Wildman–Crippen MR) is 105 cm³/mol. The molecule has 6 nitrogen and oxygen atoms in total. The number of carbonyl (C=O) groups is 3. The minimum atomic E-state index is -0.534. The first-order chi connectivity index (χ1) is 13.4. The maximum absolute atomic E-state index is 14.1. The second-order valence-electron chi connectivity index (χ2n) is 7.93. The van der Waals surface area contributed by atoms with Gasteiger partial charge >= 0.3 is 0 Å². The molecule has 2 atom stereocenters. The lowest BCUT2D eigenvalue weighted by Gasteiger charge is -2.21. The van der Waals surface area contributed by atoms with Crippen LogP contribution < -0.4 is 16.0 Å². The minimum Gasteiger partial charge on any atom is -0.355 e. The summed E-state index contributed by atoms with van der Waals surface area (Å²) in [5.74, 6) is -0.558. The second-order valence-corrected chi connectivity index (χ2v) is 7.93. The Labute approximate surface area is 164 Å². The Kier molecular flexibility index (Phi) is 6.65. The highest BCUT2D eigenvalue weighted by molar-refractivity contribution is 5.95. The van der Waals surface area contributed by atoms with E-state index in [9.17, 15) is 18.8 Å². The molecule has 152 valence electrons. The first-order valence-corrected chi connectivity index (χ1v) is 10.1. The van der Waals surface area contributed by atoms with Crippen molar-refractivity contribution >= 4 is 29.1 Å². The molecule has 1 aromatic carbocycles. The molecule has 0 unspecified atom stereocenters. The Hall–Kier alpha value is -2.44. The zero-order valence-electron chi connectivity index (χ0n) is 16.2. The molecule has 0 spiro atoms. The van der Waals surface area contributed by atoms with Gasteiger partial charge in [-0.15, -0.1) is 0 Å². The number of nitrogens with one attached hydrogen (secondary N) is 3. The Morgan fingerprint density at radius 3 is 2.46 bits per heavy atom. The number of hydrogen-bond donors (Lipinski definition) is 3. The van der Waals surface area contributed by atoms with Crippen LogP contribution in [-0.4, -0.2) is 24.3 Å². The quantitative estimate of drug-likeness (QED) is 0.667. The molecular formula is C21H28FN3O3. The van der Waals surface area contributed by atoms with Crippen LogP contribution in [0.1, 0.15) is 51.9 Å². The molecule has 0 aromatic heterocycles. The molecule has 3 N–H and O–H groups in total. The van der Waals surface area contributed by atoms with Gasteiger partial charge in [-0.2, -0.15) is 0 Å². The van der Waals surface area contributed by atoms with E-state index in [1.165, 1.54) is 18.2 Å². The molecule has 2 saturated carbocycles. The van der Waals surface area contributed by atoms with Crippen LogP contribution in [-0.2, 0) is 14.4 Å². The fourth-order valence-electron chi connectivity index (χ4n) is 3.64. The maximum atomic E-state index is 14.1. The number of amides is 3. The van der Waals surface area contributed by atoms with Crippen molar-refractivity contribution in [2.24, 2.45) is 17.8 Å². The van der Waals surface area contributed by atoms with Gasteiger partial charge in [-0.05, 0) is 43.4 Å². The first kappa shape index (κ1) is 20.3. The van der Waals surface area contributed by atoms with E-state index in [4.69, 9.17) is 0 Å². The topological polar surface area (TPSA) is 87.3 Å². The number of rotatable bonds is 7. The maximum Gasteiger partial charge on any atom is 0.227 e. The average Bonchev–Trinajstić information content (AvgIpc) is 3.42. The third-order valence-electron chi connectivity index (χ3n) is 5.58. The minimum absolute atomic E-state index is 0.00482. The van der Waals surface area contributed by atoms with E-state index in [2.05, 4.69) is 16.0 Å². The summed E-state index contributed by atoms with van der Waals surface area (Å²) in [4.78, 5) is 36.1. The highest BCUT2D eigenvalue weighted by atomic mass is 19.1. The van der Waals surface area contributed by atoms with Crippen LogP contribution in [0.2, 0.25) is 0 Å². The molecule has 28 heavy (non-hydrogen) atoms. The second kappa shape index (κ2) is 9.17. The molecule has 0 radical (unpaired) electrons. The van der Waals surface area contributed by atoms with Crippen molar-refractivity contribution in [3.05, 3.63) is 24.0 Å². The fourth-order valence-corrected chi connectivity index (χ4v) is 3.64. The van der Waals surface area contributed by atoms with Gasteiger partial charge < -0.3 is 16.0 Å². The van der Waals surface area contributed by atoms with E-state index in [1.54, 1.807) is 0 Å². The molecule has 2 aliphatic carbocycles. The van der Waals surface area contributed by atoms with Crippen LogP contribution in [0, 0.1) is 23.6 Å². The van der Waals surface area contributed by atoms with Gasteiger partial charge in [-0.25, -0.2) is 4.39 Å². The van der Waals surface area contributed by atoms with Crippen molar-refractivity contribution in [2.75, 3.05) is 17.2 Å². The molecule has 1 aromatic rings. The van der Waals surface area contributed by atoms with Gasteiger partial charge in [0.15, 0.2) is 0 Å². The third kappa shape index (κ3) is 5.53. The molecule has 0 saturated heterocycles. The number of benzene rings is 1. The smallest absolute Gasteiger partial charge is 0.227 e. The van der Waals surface area contributed by atoms with Crippen molar-refractivity contribution in [3.8, 4) is 0 Å². The van der Waals surface area contributed by atoms with Crippen LogP contribution in [0.15, 0.2) is 18.2 Å². The molecule has 3 rings (SSSR count). The standard InChI is InChI=1S/C21H28FN3O3/c1-13-11-16(13)21(28)23-10-9-19(26)24-15-7-8-17(22)18(12-15)25-20(27)14-5-3-2-4-6-14/h7-8,12-14,16H,2-6,9-11H2,1H3,(H,23,28)(H,24,26)(H,25,27)/t13-,16-/m0/s1. The largest absolute Gasteiger partial charge is 0.355 e. The van der Waals surface area contributed by atoms with Gasteiger partial charge in [0, 0.05) is 30.5 Å². The third-order valence-corrected chi connectivity index (χ3v) is 5.58. The lowest BCUT2D eigenvalue weighted by Crippen LogP contribution is -2.29. The van der Waals surface area contributed by atoms with E-state index in [1.807, 2.05) is 6.92 Å². The Bertz CT molecular complexity index is 746. The van der Waals surface area contributed by atoms with Crippen LogP contribution in [0.3, 0.4) is 0 Å². The van der Waals surface area contributed by atoms with E-state index in [-0.39, 0.29) is 48.2 Å². The molecule has 0 aliphatic heterocycles. The monoisotopic (exact) mass is 389 g/mol. The number of anilines is 2. The van der Waals surface area contributed by atoms with Crippen LogP contribution in [0.5, 0.6) is 0 Å². The molecule has 0 heterocycles. The Balaban J connectivity index is 1.48. The predicted octanol–water partition coefficient (Wildman–Crippen LogP) is 3.45. The average molecular weight is 389 g/mol. The summed E-state index contributed by atoms with van der Waals surface area (Å²) in [6.45, 7) is 2.29. The molecular weight excluding hydrogens is 361 g/mol. The van der Waals surface area contributed by atoms with Crippen LogP contribution in [0.4, 0.5) is 15.8 Å². The molecule has 2 fully saturated rings. The summed E-state index contributed by atoms with van der Waals surface area (Å²) in [7, 11) is 0. The van der Waals surface area contributed by atoms with Crippen molar-refractivity contribution < 1.29 is 18.8 Å². The summed E-state index contributed by atoms with van der Waals surface area (Å²) in [5, 5.41) is 8.09. The summed E-state index contributed by atoms with van der Waals surface area (Å²) in [5.41, 5.74) is 0.483. The van der Waals surface area contributed by atoms with Crippen LogP contribution >= 0.6 is 0 Å². The summed E-state index contributed by atoms with van der Waals surface area (Å²) in [6.07, 6.45) is 5.88. The summed E-state index contributed by atoms with van der Waals surface area (Å²) in [6, 6.07) is 4.11. The Morgan fingerprint density at radius 1 is 1.07 bits per heavy atom. The van der Waals surface area contributed by atoms with Gasteiger partial charge in [0.05, 0.1) is 5.69 Å². The fraction of sp³-hybridized carbons (Fsp3) is 0.571. The Morgan fingerprint density at radius 2 is 1.79 bits per heavy atom. The van der Waals surface area contributed by atoms with Crippen molar-refractivity contribution in [1.82, 2.24) is 5.32 Å². The van der Waals surface area contributed by atoms with E-state index >= 15 is 0 Å². The van der Waals surface area contributed by atoms with E-state index < -0.39 is 5.82 Å². The SMILES string of the molecule is C[C@H]1C[C@@H]1C(=O)NCCC(=O)Nc1ccc(F)c(NC(=O)C2CCCCC2)c1. The zero-order chi connectivity index (χ0) is 20.1. The lowest BCUT2D eigenvalue weighted by molar-refractivity contribution is -0.123. The molecule has 7 heteroatoms. The molecule has 2 aliphatic rings. The summed E-state index contributed by atoms with van der Waals surface area (Å²) < 4.78 is 14.1.